The van der Waals surface area contributed by atoms with Gasteiger partial charge >= 0.3 is 7.82 Å². The van der Waals surface area contributed by atoms with Gasteiger partial charge in [-0.3, -0.25) is 13.8 Å². The van der Waals surface area contributed by atoms with Gasteiger partial charge < -0.3 is 46.0 Å². The molecule has 1 rings (SSSR count). The van der Waals surface area contributed by atoms with Crippen molar-refractivity contribution in [2.24, 2.45) is 0 Å². The summed E-state index contributed by atoms with van der Waals surface area (Å²) in [4.78, 5) is 23.4. The summed E-state index contributed by atoms with van der Waals surface area (Å²) in [6, 6.07) is -1.27. The quantitative estimate of drug-likeness (QED) is 0.0127. The fourth-order valence-electron chi connectivity index (χ4n) is 6.97. The molecule has 0 heterocycles. The minimum Gasteiger partial charge on any atom is -0.393 e. The fraction of sp³-hybridized carbons (Fsp3) is 0.766. The standard InChI is InChI=1S/C47H84NO12P/c1-3-5-7-9-11-13-15-17-19-20-21-22-24-26-28-30-32-34-38(49)36-41(51)48-39(37-59-61(57,58)60-47-45(55)43(53)42(52)44(54)46(47)56)40(50)35-33-31-29-27-25-23-18-16-14-12-10-8-6-4-2/h11,13-17,25,27,33,35,38-40,42-47,49-50,52-56H,3-10,12,18-24,26,28-32,34,36-37H2,1-2H3,(H,48,51)(H,57,58)/b13-11-,16-14+,17-15-,27-25+,35-33+. The number of rotatable bonds is 37. The molecule has 0 aromatic rings. The lowest BCUT2D eigenvalue weighted by Gasteiger charge is -2.41. The van der Waals surface area contributed by atoms with E-state index in [0.717, 1.165) is 57.8 Å². The summed E-state index contributed by atoms with van der Waals surface area (Å²) in [6.45, 7) is 3.66. The molecule has 1 fully saturated rings. The van der Waals surface area contributed by atoms with E-state index in [1.165, 1.54) is 76.7 Å². The second kappa shape index (κ2) is 36.4. The molecule has 13 nitrogen and oxygen atoms in total. The number of carbonyl (C=O) groups excluding carboxylic acids is 1. The van der Waals surface area contributed by atoms with Crippen LogP contribution in [-0.2, 0) is 18.4 Å². The Morgan fingerprint density at radius 2 is 1.02 bits per heavy atom. The summed E-state index contributed by atoms with van der Waals surface area (Å²) >= 11 is 0. The van der Waals surface area contributed by atoms with Crippen molar-refractivity contribution in [3.63, 3.8) is 0 Å². The van der Waals surface area contributed by atoms with Gasteiger partial charge in [0.25, 0.3) is 0 Å². The highest BCUT2D eigenvalue weighted by molar-refractivity contribution is 7.47. The smallest absolute Gasteiger partial charge is 0.393 e. The van der Waals surface area contributed by atoms with Crippen molar-refractivity contribution in [3.05, 3.63) is 60.8 Å². The van der Waals surface area contributed by atoms with Crippen LogP contribution in [0.3, 0.4) is 0 Å². The zero-order valence-corrected chi connectivity index (χ0v) is 38.2. The van der Waals surface area contributed by atoms with E-state index in [1.807, 2.05) is 6.08 Å². The number of nitrogens with one attached hydrogen (secondary N) is 1. The van der Waals surface area contributed by atoms with Crippen molar-refractivity contribution in [3.8, 4) is 0 Å². The van der Waals surface area contributed by atoms with Crippen LogP contribution in [0.4, 0.5) is 0 Å². The Morgan fingerprint density at radius 1 is 0.590 bits per heavy atom. The molecule has 61 heavy (non-hydrogen) atoms. The van der Waals surface area contributed by atoms with Gasteiger partial charge in [0.15, 0.2) is 0 Å². The Labute approximate surface area is 367 Å². The topological polar surface area (TPSA) is 226 Å². The molecular formula is C47H84NO12P. The van der Waals surface area contributed by atoms with E-state index in [9.17, 15) is 50.0 Å². The van der Waals surface area contributed by atoms with E-state index in [1.54, 1.807) is 6.08 Å². The zero-order valence-electron chi connectivity index (χ0n) is 37.3. The zero-order chi connectivity index (χ0) is 45.1. The van der Waals surface area contributed by atoms with Crippen molar-refractivity contribution >= 4 is 13.7 Å². The summed E-state index contributed by atoms with van der Waals surface area (Å²) in [5.74, 6) is -0.614. The number of allylic oxidation sites excluding steroid dienone is 9. The Kier molecular flexibility index (Phi) is 34.0. The molecule has 0 spiro atoms. The summed E-state index contributed by atoms with van der Waals surface area (Å²) in [5.41, 5.74) is 0. The fourth-order valence-corrected chi connectivity index (χ4v) is 7.93. The highest BCUT2D eigenvalue weighted by Crippen LogP contribution is 2.47. The minimum atomic E-state index is -5.16. The normalized spacial score (nSPS) is 23.8. The first-order valence-electron chi connectivity index (χ1n) is 23.3. The van der Waals surface area contributed by atoms with E-state index in [0.29, 0.717) is 19.3 Å². The first kappa shape index (κ1) is 57.0. The summed E-state index contributed by atoms with van der Waals surface area (Å²) in [7, 11) is -5.16. The molecule has 0 aromatic heterocycles. The summed E-state index contributed by atoms with van der Waals surface area (Å²) in [6.07, 6.45) is 30.2. The number of aliphatic hydroxyl groups is 7. The van der Waals surface area contributed by atoms with E-state index in [-0.39, 0.29) is 6.42 Å². The Morgan fingerprint density at radius 3 is 1.57 bits per heavy atom. The van der Waals surface area contributed by atoms with Crippen LogP contribution >= 0.6 is 7.82 Å². The van der Waals surface area contributed by atoms with Gasteiger partial charge in [0.1, 0.15) is 36.6 Å². The Hall–Kier alpha value is -2.00. The van der Waals surface area contributed by atoms with Gasteiger partial charge in [0.05, 0.1) is 31.3 Å². The van der Waals surface area contributed by atoms with Crippen molar-refractivity contribution < 1.29 is 59.0 Å². The van der Waals surface area contributed by atoms with Gasteiger partial charge in [-0.1, -0.05) is 152 Å². The van der Waals surface area contributed by atoms with Crippen molar-refractivity contribution in [2.45, 2.75) is 223 Å². The highest BCUT2D eigenvalue weighted by Gasteiger charge is 2.51. The second-order valence-corrected chi connectivity index (χ2v) is 17.8. The molecule has 1 aliphatic carbocycles. The number of hydrogen-bond acceptors (Lipinski definition) is 11. The lowest BCUT2D eigenvalue weighted by Crippen LogP contribution is -2.64. The number of unbranched alkanes of at least 4 members (excludes halogenated alkanes) is 17. The van der Waals surface area contributed by atoms with Crippen LogP contribution in [0.25, 0.3) is 0 Å². The number of hydrogen-bond donors (Lipinski definition) is 9. The molecular weight excluding hydrogens is 801 g/mol. The molecule has 0 saturated heterocycles. The van der Waals surface area contributed by atoms with Crippen LogP contribution in [0.5, 0.6) is 0 Å². The van der Waals surface area contributed by atoms with Gasteiger partial charge in [0.2, 0.25) is 5.91 Å². The van der Waals surface area contributed by atoms with Crippen LogP contribution in [0, 0.1) is 0 Å². The number of aliphatic hydroxyl groups excluding tert-OH is 7. The first-order valence-corrected chi connectivity index (χ1v) is 24.8. The van der Waals surface area contributed by atoms with Crippen LogP contribution in [0.1, 0.15) is 168 Å². The maximum absolute atomic E-state index is 13.0. The van der Waals surface area contributed by atoms with Gasteiger partial charge in [0, 0.05) is 0 Å². The van der Waals surface area contributed by atoms with E-state index < -0.39 is 75.2 Å². The van der Waals surface area contributed by atoms with E-state index in [4.69, 9.17) is 9.05 Å². The van der Waals surface area contributed by atoms with E-state index >= 15 is 0 Å². The SMILES string of the molecule is CCCCC/C=C\C=C/CCCCCCCCCCC(O)CC(=O)NC(COP(=O)(O)OC1C(O)C(O)C(O)C(O)C1O)C(O)/C=C/CC/C=C/CC/C=C/CCCCCC. The van der Waals surface area contributed by atoms with Gasteiger partial charge in [-0.2, -0.15) is 0 Å². The highest BCUT2D eigenvalue weighted by atomic mass is 31.2. The van der Waals surface area contributed by atoms with Crippen LogP contribution in [0.2, 0.25) is 0 Å². The maximum Gasteiger partial charge on any atom is 0.472 e. The molecule has 9 N–H and O–H groups in total. The van der Waals surface area contributed by atoms with E-state index in [2.05, 4.69) is 61.7 Å². The van der Waals surface area contributed by atoms with Crippen LogP contribution < -0.4 is 5.32 Å². The lowest BCUT2D eigenvalue weighted by atomic mass is 9.85. The minimum absolute atomic E-state index is 0.263. The number of phosphoric ester groups is 1. The van der Waals surface area contributed by atoms with Crippen molar-refractivity contribution in [1.29, 1.82) is 0 Å². The molecule has 1 amide bonds. The second-order valence-electron chi connectivity index (χ2n) is 16.4. The number of phosphoric acid groups is 1. The van der Waals surface area contributed by atoms with Crippen molar-refractivity contribution in [1.82, 2.24) is 5.32 Å². The molecule has 1 saturated carbocycles. The third kappa shape index (κ3) is 28.4. The Bertz CT molecular complexity index is 1280. The molecule has 8 unspecified atom stereocenters. The maximum atomic E-state index is 13.0. The summed E-state index contributed by atoms with van der Waals surface area (Å²) < 4.78 is 22.8. The third-order valence-corrected chi connectivity index (χ3v) is 11.8. The average Bonchev–Trinajstić information content (AvgIpc) is 3.23. The first-order chi connectivity index (χ1) is 29.3. The Balaban J connectivity index is 2.58. The molecule has 8 atom stereocenters. The van der Waals surface area contributed by atoms with Gasteiger partial charge in [-0.05, 0) is 70.6 Å². The predicted octanol–water partition coefficient (Wildman–Crippen LogP) is 7.70. The van der Waals surface area contributed by atoms with Crippen molar-refractivity contribution in [2.75, 3.05) is 6.61 Å². The lowest BCUT2D eigenvalue weighted by molar-refractivity contribution is -0.220. The monoisotopic (exact) mass is 886 g/mol. The van der Waals surface area contributed by atoms with Gasteiger partial charge in [-0.25, -0.2) is 4.57 Å². The number of amides is 1. The molecule has 0 radical (unpaired) electrons. The largest absolute Gasteiger partial charge is 0.472 e. The molecule has 14 heteroatoms. The van der Waals surface area contributed by atoms with Crippen LogP contribution in [0.15, 0.2) is 60.8 Å². The average molecular weight is 886 g/mol. The molecule has 1 aliphatic rings. The molecule has 0 aromatic carbocycles. The molecule has 0 aliphatic heterocycles. The number of carbonyl (C=O) groups is 1. The summed E-state index contributed by atoms with van der Waals surface area (Å²) in [5, 5.41) is 74.4. The van der Waals surface area contributed by atoms with Crippen LogP contribution in [-0.4, -0.2) is 108 Å². The molecule has 0 bridgehead atoms. The van der Waals surface area contributed by atoms with Gasteiger partial charge in [-0.15, -0.1) is 0 Å². The predicted molar refractivity (Wildman–Crippen MR) is 242 cm³/mol. The molecule has 354 valence electrons. The third-order valence-electron chi connectivity index (χ3n) is 10.8.